The molecule has 0 radical (unpaired) electrons. The summed E-state index contributed by atoms with van der Waals surface area (Å²) in [4.78, 5) is 0. The first kappa shape index (κ1) is 18.4. The third-order valence-electron chi connectivity index (χ3n) is 2.99. The van der Waals surface area contributed by atoms with E-state index >= 15 is 0 Å². The summed E-state index contributed by atoms with van der Waals surface area (Å²) in [6, 6.07) is 0. The van der Waals surface area contributed by atoms with E-state index in [4.69, 9.17) is 0 Å². The third-order valence-corrected chi connectivity index (χ3v) is 2.99. The molecule has 0 fully saturated rings. The molecule has 0 aliphatic rings. The Hall–Kier alpha value is -1.56. The Morgan fingerprint density at radius 3 is 1.75 bits per heavy atom. The molecule has 0 heterocycles. The first-order chi connectivity index (χ1) is 9.32. The normalized spacial score (nSPS) is 10.2. The quantitative estimate of drug-likeness (QED) is 0.323. The van der Waals surface area contributed by atoms with Crippen LogP contribution in [0, 0.1) is 0 Å². The van der Waals surface area contributed by atoms with Gasteiger partial charge in [0.25, 0.3) is 0 Å². The van der Waals surface area contributed by atoms with E-state index in [0.717, 1.165) is 42.4 Å². The number of hydrogen-bond donors (Lipinski definition) is 0. The minimum absolute atomic E-state index is 0.971. The van der Waals surface area contributed by atoms with E-state index < -0.39 is 0 Å². The summed E-state index contributed by atoms with van der Waals surface area (Å²) in [5, 5.41) is 0. The van der Waals surface area contributed by atoms with Crippen molar-refractivity contribution in [2.45, 2.75) is 53.4 Å². The molecule has 110 valence electrons. The van der Waals surface area contributed by atoms with E-state index in [1.54, 1.807) is 0 Å². The van der Waals surface area contributed by atoms with Gasteiger partial charge in [-0.2, -0.15) is 0 Å². The molecule has 0 aromatic carbocycles. The van der Waals surface area contributed by atoms with Crippen LogP contribution in [-0.2, 0) is 0 Å². The van der Waals surface area contributed by atoms with Crippen molar-refractivity contribution < 1.29 is 0 Å². The van der Waals surface area contributed by atoms with Gasteiger partial charge in [0.05, 0.1) is 0 Å². The van der Waals surface area contributed by atoms with Gasteiger partial charge in [0, 0.05) is 0 Å². The summed E-state index contributed by atoms with van der Waals surface area (Å²) in [6.45, 7) is 20.7. The van der Waals surface area contributed by atoms with Crippen molar-refractivity contribution in [1.82, 2.24) is 0 Å². The van der Waals surface area contributed by atoms with Gasteiger partial charge in [0.1, 0.15) is 0 Å². The molecule has 0 saturated carbocycles. The van der Waals surface area contributed by atoms with Crippen molar-refractivity contribution in [2.24, 2.45) is 0 Å². The fraction of sp³-hybridized carbons (Fsp3) is 0.400. The lowest BCUT2D eigenvalue weighted by Gasteiger charge is -2.04. The zero-order valence-electron chi connectivity index (χ0n) is 13.8. The predicted octanol–water partition coefficient (Wildman–Crippen LogP) is 6.70. The molecule has 0 rings (SSSR count). The minimum Gasteiger partial charge on any atom is -0.0958 e. The fourth-order valence-electron chi connectivity index (χ4n) is 1.66. The molecule has 0 spiro atoms. The van der Waals surface area contributed by atoms with Gasteiger partial charge in [-0.3, -0.25) is 0 Å². The highest BCUT2D eigenvalue weighted by atomic mass is 14.0. The van der Waals surface area contributed by atoms with Crippen LogP contribution in [0.25, 0.3) is 0 Å². The molecule has 0 nitrogen and oxygen atoms in total. The Kier molecular flexibility index (Phi) is 9.45. The molecule has 0 aliphatic heterocycles. The zero-order chi connectivity index (χ0) is 15.5. The molecule has 0 heteroatoms. The van der Waals surface area contributed by atoms with Gasteiger partial charge >= 0.3 is 0 Å². The summed E-state index contributed by atoms with van der Waals surface area (Å²) < 4.78 is 0. The molecule has 0 saturated heterocycles. The minimum atomic E-state index is 0.971. The van der Waals surface area contributed by atoms with Crippen LogP contribution in [0.15, 0.2) is 71.9 Å². The van der Waals surface area contributed by atoms with Crippen LogP contribution in [-0.4, -0.2) is 0 Å². The van der Waals surface area contributed by atoms with Crippen LogP contribution in [0.2, 0.25) is 0 Å². The molecule has 0 N–H and O–H groups in total. The maximum atomic E-state index is 4.10. The van der Waals surface area contributed by atoms with Crippen molar-refractivity contribution in [1.29, 1.82) is 0 Å². The Morgan fingerprint density at radius 1 is 0.750 bits per heavy atom. The summed E-state index contributed by atoms with van der Waals surface area (Å²) in [5.41, 5.74) is 5.97. The van der Waals surface area contributed by atoms with Gasteiger partial charge in [0.2, 0.25) is 0 Å². The van der Waals surface area contributed by atoms with Crippen LogP contribution in [0.5, 0.6) is 0 Å². The molecule has 0 unspecified atom stereocenters. The summed E-state index contributed by atoms with van der Waals surface area (Å²) in [6.07, 6.45) is 12.6. The highest BCUT2D eigenvalue weighted by molar-refractivity contribution is 5.38. The topological polar surface area (TPSA) is 0 Å². The van der Waals surface area contributed by atoms with Crippen LogP contribution in [0.1, 0.15) is 53.4 Å². The Morgan fingerprint density at radius 2 is 1.25 bits per heavy atom. The van der Waals surface area contributed by atoms with E-state index in [1.165, 1.54) is 11.1 Å². The SMILES string of the molecule is C=C(C=CC(=C)C(=C)CCC=C(C)C)CCC=C(C)C. The Bertz CT molecular complexity index is 431. The van der Waals surface area contributed by atoms with Crippen LogP contribution in [0.3, 0.4) is 0 Å². The smallest absolute Gasteiger partial charge is 0.0244 e. The van der Waals surface area contributed by atoms with Crippen molar-refractivity contribution in [3.05, 3.63) is 71.9 Å². The van der Waals surface area contributed by atoms with Crippen molar-refractivity contribution in [3.63, 3.8) is 0 Å². The van der Waals surface area contributed by atoms with E-state index in [9.17, 15) is 0 Å². The van der Waals surface area contributed by atoms with Crippen molar-refractivity contribution in [2.75, 3.05) is 0 Å². The monoisotopic (exact) mass is 270 g/mol. The van der Waals surface area contributed by atoms with Gasteiger partial charge < -0.3 is 0 Å². The summed E-state index contributed by atoms with van der Waals surface area (Å²) in [5.74, 6) is 0. The molecule has 20 heavy (non-hydrogen) atoms. The van der Waals surface area contributed by atoms with Crippen molar-refractivity contribution >= 4 is 0 Å². The van der Waals surface area contributed by atoms with Gasteiger partial charge in [0.15, 0.2) is 0 Å². The van der Waals surface area contributed by atoms with Crippen molar-refractivity contribution in [3.8, 4) is 0 Å². The standard InChI is InChI=1S/C20H30/c1-16(2)10-8-12-18(5)14-15-20(7)19(6)13-9-11-17(3)4/h10-11,14-15H,5-9,12-13H2,1-4H3. The van der Waals surface area contributed by atoms with Gasteiger partial charge in [-0.1, -0.05) is 60.8 Å². The average molecular weight is 270 g/mol. The van der Waals surface area contributed by atoms with Crippen LogP contribution in [0.4, 0.5) is 0 Å². The maximum Gasteiger partial charge on any atom is -0.0244 e. The van der Waals surface area contributed by atoms with E-state index in [2.05, 4.69) is 65.7 Å². The fourth-order valence-corrected chi connectivity index (χ4v) is 1.66. The molecule has 0 aliphatic carbocycles. The molecule has 0 amide bonds. The lowest BCUT2D eigenvalue weighted by Crippen LogP contribution is -1.84. The first-order valence-corrected chi connectivity index (χ1v) is 7.32. The second-order valence-electron chi connectivity index (χ2n) is 5.76. The molecule has 0 aromatic heterocycles. The summed E-state index contributed by atoms with van der Waals surface area (Å²) >= 11 is 0. The first-order valence-electron chi connectivity index (χ1n) is 7.32. The Balaban J connectivity index is 4.14. The lowest BCUT2D eigenvalue weighted by molar-refractivity contribution is 0.985. The Labute approximate surface area is 126 Å². The second kappa shape index (κ2) is 10.3. The van der Waals surface area contributed by atoms with Crippen LogP contribution >= 0.6 is 0 Å². The number of rotatable bonds is 9. The van der Waals surface area contributed by atoms with Gasteiger partial charge in [-0.25, -0.2) is 0 Å². The zero-order valence-corrected chi connectivity index (χ0v) is 13.8. The van der Waals surface area contributed by atoms with Crippen LogP contribution < -0.4 is 0 Å². The third kappa shape index (κ3) is 10.4. The summed E-state index contributed by atoms with van der Waals surface area (Å²) in [7, 11) is 0. The number of allylic oxidation sites excluding steroid dienone is 9. The molecule has 0 atom stereocenters. The molecular formula is C20H30. The van der Waals surface area contributed by atoms with E-state index in [0.29, 0.717) is 0 Å². The molecule has 0 bridgehead atoms. The number of hydrogen-bond acceptors (Lipinski definition) is 0. The van der Waals surface area contributed by atoms with Gasteiger partial charge in [-0.15, -0.1) is 0 Å². The molecular weight excluding hydrogens is 240 g/mol. The lowest BCUT2D eigenvalue weighted by atomic mass is 10.0. The highest BCUT2D eigenvalue weighted by Crippen LogP contribution is 2.16. The maximum absolute atomic E-state index is 4.10. The average Bonchev–Trinajstić information content (AvgIpc) is 2.34. The molecule has 0 aromatic rings. The second-order valence-corrected chi connectivity index (χ2v) is 5.76. The van der Waals surface area contributed by atoms with E-state index in [1.807, 2.05) is 6.08 Å². The highest BCUT2D eigenvalue weighted by Gasteiger charge is 1.96. The van der Waals surface area contributed by atoms with E-state index in [-0.39, 0.29) is 0 Å². The van der Waals surface area contributed by atoms with Gasteiger partial charge in [-0.05, 0) is 64.5 Å². The predicted molar refractivity (Wildman–Crippen MR) is 93.9 cm³/mol. The largest absolute Gasteiger partial charge is 0.0958 e.